The first kappa shape index (κ1) is 20.6. The molecule has 0 fully saturated rings. The highest BCUT2D eigenvalue weighted by Crippen LogP contribution is 2.38. The smallest absolute Gasteiger partial charge is 0.254 e. The fourth-order valence-corrected chi connectivity index (χ4v) is 2.60. The lowest BCUT2D eigenvalue weighted by atomic mass is 10.1. The fraction of sp³-hybridized carbons (Fsp3) is 0.238. The maximum absolute atomic E-state index is 12.7. The second-order valence-corrected chi connectivity index (χ2v) is 5.85. The van der Waals surface area contributed by atoms with Crippen molar-refractivity contribution >= 4 is 17.5 Å². The van der Waals surface area contributed by atoms with Crippen molar-refractivity contribution in [1.82, 2.24) is 4.90 Å². The molecular formula is C21H22N2O5. The number of hydrogen-bond acceptors (Lipinski definition) is 5. The van der Waals surface area contributed by atoms with Crippen LogP contribution in [-0.2, 0) is 4.79 Å². The van der Waals surface area contributed by atoms with Crippen molar-refractivity contribution in [1.29, 1.82) is 0 Å². The summed E-state index contributed by atoms with van der Waals surface area (Å²) in [5.41, 5.74) is 1.52. The highest BCUT2D eigenvalue weighted by molar-refractivity contribution is 6.00. The van der Waals surface area contributed by atoms with E-state index in [2.05, 4.69) is 11.2 Å². The molecule has 0 atom stereocenters. The van der Waals surface area contributed by atoms with Crippen LogP contribution >= 0.6 is 0 Å². The molecule has 0 unspecified atom stereocenters. The van der Waals surface area contributed by atoms with Gasteiger partial charge in [0.05, 0.1) is 27.9 Å². The average molecular weight is 382 g/mol. The zero-order valence-electron chi connectivity index (χ0n) is 16.2. The molecule has 0 saturated heterocycles. The predicted octanol–water partition coefficient (Wildman–Crippen LogP) is 2.40. The number of ether oxygens (including phenoxy) is 3. The number of likely N-dealkylation sites (N-methyl/N-ethyl adjacent to an activating group) is 1. The van der Waals surface area contributed by atoms with Crippen LogP contribution in [0.15, 0.2) is 36.4 Å². The Morgan fingerprint density at radius 1 is 1.07 bits per heavy atom. The van der Waals surface area contributed by atoms with Crippen molar-refractivity contribution in [2.45, 2.75) is 0 Å². The minimum absolute atomic E-state index is 0.143. The second kappa shape index (κ2) is 9.33. The van der Waals surface area contributed by atoms with E-state index in [0.29, 0.717) is 34.1 Å². The second-order valence-electron chi connectivity index (χ2n) is 5.85. The number of terminal acetylenes is 1. The molecular weight excluding hydrogens is 360 g/mol. The van der Waals surface area contributed by atoms with Crippen LogP contribution in [0.25, 0.3) is 0 Å². The quantitative estimate of drug-likeness (QED) is 0.744. The lowest BCUT2D eigenvalue weighted by molar-refractivity contribution is -0.116. The summed E-state index contributed by atoms with van der Waals surface area (Å²) in [6.07, 6.45) is 5.36. The number of hydrogen-bond donors (Lipinski definition) is 1. The van der Waals surface area contributed by atoms with Gasteiger partial charge in [0.25, 0.3) is 5.91 Å². The van der Waals surface area contributed by atoms with E-state index in [9.17, 15) is 9.59 Å². The van der Waals surface area contributed by atoms with Crippen LogP contribution in [0.4, 0.5) is 5.69 Å². The van der Waals surface area contributed by atoms with Gasteiger partial charge in [0, 0.05) is 23.9 Å². The molecule has 0 spiro atoms. The Bertz CT molecular complexity index is 892. The standard InChI is InChI=1S/C21H22N2O5/c1-6-14-8-7-9-16(10-14)22-19(24)13-23(2)21(25)15-11-17(26-3)20(28-5)18(12-15)27-4/h1,7-12H,13H2,2-5H3,(H,22,24). The van der Waals surface area contributed by atoms with Crippen molar-refractivity contribution in [3.8, 4) is 29.6 Å². The third-order valence-corrected chi connectivity index (χ3v) is 3.95. The number of carbonyl (C=O) groups is 2. The molecule has 2 rings (SSSR count). The summed E-state index contributed by atoms with van der Waals surface area (Å²) >= 11 is 0. The average Bonchev–Trinajstić information content (AvgIpc) is 2.71. The largest absolute Gasteiger partial charge is 0.493 e. The number of nitrogens with zero attached hydrogens (tertiary/aromatic N) is 1. The number of rotatable bonds is 7. The van der Waals surface area contributed by atoms with Crippen LogP contribution in [-0.4, -0.2) is 51.6 Å². The molecule has 28 heavy (non-hydrogen) atoms. The predicted molar refractivity (Wildman–Crippen MR) is 106 cm³/mol. The zero-order chi connectivity index (χ0) is 20.7. The Morgan fingerprint density at radius 2 is 1.71 bits per heavy atom. The maximum atomic E-state index is 12.7. The lowest BCUT2D eigenvalue weighted by Crippen LogP contribution is -2.35. The fourth-order valence-electron chi connectivity index (χ4n) is 2.60. The van der Waals surface area contributed by atoms with Gasteiger partial charge in [0.1, 0.15) is 0 Å². The summed E-state index contributed by atoms with van der Waals surface area (Å²) in [6.45, 7) is -0.143. The van der Waals surface area contributed by atoms with E-state index in [-0.39, 0.29) is 18.4 Å². The van der Waals surface area contributed by atoms with Gasteiger partial charge in [-0.15, -0.1) is 6.42 Å². The number of benzene rings is 2. The van der Waals surface area contributed by atoms with Crippen LogP contribution in [0, 0.1) is 12.3 Å². The first-order valence-corrected chi connectivity index (χ1v) is 8.35. The maximum Gasteiger partial charge on any atom is 0.254 e. The SMILES string of the molecule is C#Cc1cccc(NC(=O)CN(C)C(=O)c2cc(OC)c(OC)c(OC)c2)c1. The number of carbonyl (C=O) groups excluding carboxylic acids is 2. The Balaban J connectivity index is 2.13. The lowest BCUT2D eigenvalue weighted by Gasteiger charge is -2.19. The van der Waals surface area contributed by atoms with Gasteiger partial charge in [0.2, 0.25) is 11.7 Å². The van der Waals surface area contributed by atoms with Gasteiger partial charge in [-0.25, -0.2) is 0 Å². The molecule has 7 heteroatoms. The third-order valence-electron chi connectivity index (χ3n) is 3.95. The van der Waals surface area contributed by atoms with Crippen molar-refractivity contribution in [2.75, 3.05) is 40.2 Å². The minimum atomic E-state index is -0.369. The van der Waals surface area contributed by atoms with E-state index in [1.807, 2.05) is 0 Å². The van der Waals surface area contributed by atoms with Gasteiger partial charge in [-0.3, -0.25) is 9.59 Å². The van der Waals surface area contributed by atoms with Crippen LogP contribution < -0.4 is 19.5 Å². The van der Waals surface area contributed by atoms with Gasteiger partial charge in [0.15, 0.2) is 11.5 Å². The molecule has 0 aromatic heterocycles. The first-order chi connectivity index (χ1) is 13.4. The molecule has 1 N–H and O–H groups in total. The van der Waals surface area contributed by atoms with Crippen molar-refractivity contribution in [3.63, 3.8) is 0 Å². The topological polar surface area (TPSA) is 77.1 Å². The minimum Gasteiger partial charge on any atom is -0.493 e. The molecule has 2 amide bonds. The molecule has 0 heterocycles. The Morgan fingerprint density at radius 3 is 2.25 bits per heavy atom. The Labute approximate surface area is 164 Å². The van der Waals surface area contributed by atoms with E-state index in [1.54, 1.807) is 24.3 Å². The normalized spacial score (nSPS) is 9.82. The van der Waals surface area contributed by atoms with Crippen molar-refractivity contribution in [3.05, 3.63) is 47.5 Å². The summed E-state index contributed by atoms with van der Waals surface area (Å²) in [6, 6.07) is 9.98. The monoisotopic (exact) mass is 382 g/mol. The molecule has 0 aliphatic carbocycles. The molecule has 0 saturated carbocycles. The molecule has 2 aromatic carbocycles. The van der Waals surface area contributed by atoms with E-state index >= 15 is 0 Å². The molecule has 0 aliphatic heterocycles. The molecule has 2 aromatic rings. The van der Waals surface area contributed by atoms with Gasteiger partial charge in [-0.05, 0) is 30.3 Å². The molecule has 0 aliphatic rings. The molecule has 146 valence electrons. The van der Waals surface area contributed by atoms with Crippen molar-refractivity contribution < 1.29 is 23.8 Å². The summed E-state index contributed by atoms with van der Waals surface area (Å²) in [7, 11) is 5.94. The van der Waals surface area contributed by atoms with Crippen LogP contribution in [0.2, 0.25) is 0 Å². The molecule has 0 radical (unpaired) electrons. The van der Waals surface area contributed by atoms with Crippen LogP contribution in [0.3, 0.4) is 0 Å². The number of anilines is 1. The molecule has 7 nitrogen and oxygen atoms in total. The zero-order valence-corrected chi connectivity index (χ0v) is 16.2. The summed E-state index contributed by atoms with van der Waals surface area (Å²) in [4.78, 5) is 26.3. The summed E-state index contributed by atoms with van der Waals surface area (Å²) in [5.74, 6) is 2.88. The highest BCUT2D eigenvalue weighted by atomic mass is 16.5. The highest BCUT2D eigenvalue weighted by Gasteiger charge is 2.20. The van der Waals surface area contributed by atoms with Gasteiger partial charge in [-0.2, -0.15) is 0 Å². The third kappa shape index (κ3) is 4.74. The van der Waals surface area contributed by atoms with E-state index in [0.717, 1.165) is 0 Å². The number of methoxy groups -OCH3 is 3. The van der Waals surface area contributed by atoms with Crippen LogP contribution in [0.1, 0.15) is 15.9 Å². The Hall–Kier alpha value is -3.66. The number of amides is 2. The van der Waals surface area contributed by atoms with Gasteiger partial charge < -0.3 is 24.4 Å². The summed E-state index contributed by atoms with van der Waals surface area (Å²) < 4.78 is 15.8. The van der Waals surface area contributed by atoms with Gasteiger partial charge in [-0.1, -0.05) is 12.0 Å². The first-order valence-electron chi connectivity index (χ1n) is 8.35. The van der Waals surface area contributed by atoms with Crippen molar-refractivity contribution in [2.24, 2.45) is 0 Å². The summed E-state index contributed by atoms with van der Waals surface area (Å²) in [5, 5.41) is 2.72. The van der Waals surface area contributed by atoms with E-state index in [4.69, 9.17) is 20.6 Å². The van der Waals surface area contributed by atoms with Crippen LogP contribution in [0.5, 0.6) is 17.2 Å². The molecule has 0 bridgehead atoms. The Kier molecular flexibility index (Phi) is 6.88. The van der Waals surface area contributed by atoms with E-state index in [1.165, 1.54) is 45.4 Å². The van der Waals surface area contributed by atoms with Gasteiger partial charge >= 0.3 is 0 Å². The van der Waals surface area contributed by atoms with E-state index < -0.39 is 0 Å². The number of nitrogens with one attached hydrogen (secondary N) is 1.